The molecule has 212 valence electrons. The second kappa shape index (κ2) is 12.8. The molecule has 5 rings (SSSR count). The van der Waals surface area contributed by atoms with Gasteiger partial charge in [-0.25, -0.2) is 4.79 Å². The molecule has 0 spiro atoms. The quantitative estimate of drug-likeness (QED) is 0.103. The lowest BCUT2D eigenvalue weighted by Gasteiger charge is -2.10. The van der Waals surface area contributed by atoms with Crippen LogP contribution in [0.25, 0.3) is 11.1 Å². The Morgan fingerprint density at radius 3 is 1.77 bits per heavy atom. The van der Waals surface area contributed by atoms with Crippen LogP contribution in [0.4, 0.5) is 0 Å². The van der Waals surface area contributed by atoms with Gasteiger partial charge in [0.1, 0.15) is 29.5 Å². The van der Waals surface area contributed by atoms with Crippen molar-refractivity contribution in [3.63, 3.8) is 0 Å². The van der Waals surface area contributed by atoms with Gasteiger partial charge < -0.3 is 33.2 Å². The number of epoxide rings is 2. The van der Waals surface area contributed by atoms with Crippen LogP contribution in [-0.4, -0.2) is 70.0 Å². The molecule has 0 aromatic heterocycles. The van der Waals surface area contributed by atoms with Crippen molar-refractivity contribution in [2.45, 2.75) is 31.5 Å². The Kier molecular flexibility index (Phi) is 9.01. The molecule has 8 heteroatoms. The fourth-order valence-electron chi connectivity index (χ4n) is 3.90. The maximum Gasteiger partial charge on any atom is 0.343 e. The highest BCUT2D eigenvalue weighted by molar-refractivity contribution is 5.91. The summed E-state index contributed by atoms with van der Waals surface area (Å²) in [6, 6.07) is 22.2. The molecular weight excluding hydrogens is 512 g/mol. The molecule has 0 bridgehead atoms. The summed E-state index contributed by atoms with van der Waals surface area (Å²) in [5.74, 6) is 1.55. The van der Waals surface area contributed by atoms with E-state index in [2.05, 4.69) is 6.92 Å². The molecule has 8 nitrogen and oxygen atoms in total. The van der Waals surface area contributed by atoms with E-state index in [0.29, 0.717) is 51.0 Å². The molecule has 40 heavy (non-hydrogen) atoms. The summed E-state index contributed by atoms with van der Waals surface area (Å²) in [5, 5.41) is 0. The monoisotopic (exact) mass is 548 g/mol. The largest absolute Gasteiger partial charge is 0.493 e. The first-order chi connectivity index (χ1) is 19.4. The van der Waals surface area contributed by atoms with Crippen LogP contribution in [0.15, 0.2) is 72.8 Å². The van der Waals surface area contributed by atoms with E-state index < -0.39 is 5.97 Å². The van der Waals surface area contributed by atoms with Gasteiger partial charge in [0, 0.05) is 6.42 Å². The molecule has 3 aromatic rings. The summed E-state index contributed by atoms with van der Waals surface area (Å²) in [7, 11) is 0. The minimum Gasteiger partial charge on any atom is -0.493 e. The summed E-state index contributed by atoms with van der Waals surface area (Å²) in [4.78, 5) is 12.6. The lowest BCUT2D eigenvalue weighted by molar-refractivity contribution is 0.0205. The van der Waals surface area contributed by atoms with Gasteiger partial charge in [-0.05, 0) is 73.5 Å². The van der Waals surface area contributed by atoms with Crippen molar-refractivity contribution < 1.29 is 38.0 Å². The van der Waals surface area contributed by atoms with Gasteiger partial charge in [-0.15, -0.1) is 0 Å². The van der Waals surface area contributed by atoms with E-state index in [4.69, 9.17) is 33.2 Å². The topological polar surface area (TPSA) is 88.3 Å². The Labute approximate surface area is 235 Å². The molecular formula is C32H36O8. The summed E-state index contributed by atoms with van der Waals surface area (Å²) in [6.45, 7) is 8.87. The lowest BCUT2D eigenvalue weighted by Crippen LogP contribution is -2.17. The van der Waals surface area contributed by atoms with Crippen molar-refractivity contribution in [3.8, 4) is 28.4 Å². The molecule has 2 aliphatic rings. The molecule has 0 saturated carbocycles. The molecule has 0 N–H and O–H groups in total. The highest BCUT2D eigenvalue weighted by Gasteiger charge is 2.39. The van der Waals surface area contributed by atoms with E-state index >= 15 is 0 Å². The standard InChI is InChI=1S/C32H36O8/c1-31(22-38-31)15-16-36-28-11-13-29(14-12-28)40-30(33)26-5-3-24(4-6-26)25-7-9-27(10-8-25)37-20-19-34-17-18-35-21-32(2)23-39-32/h3-14H,15-23H2,1-2H3. The van der Waals surface area contributed by atoms with Crippen LogP contribution in [0, 0.1) is 0 Å². The zero-order valence-corrected chi connectivity index (χ0v) is 23.1. The Hall–Kier alpha value is -3.43. The van der Waals surface area contributed by atoms with Crippen molar-refractivity contribution in [1.82, 2.24) is 0 Å². The molecule has 0 amide bonds. The Morgan fingerprint density at radius 2 is 1.15 bits per heavy atom. The summed E-state index contributed by atoms with van der Waals surface area (Å²) >= 11 is 0. The van der Waals surface area contributed by atoms with Gasteiger partial charge in [0.15, 0.2) is 0 Å². The first-order valence-corrected chi connectivity index (χ1v) is 13.6. The first kappa shape index (κ1) is 28.1. The molecule has 2 unspecified atom stereocenters. The maximum atomic E-state index is 12.6. The third kappa shape index (κ3) is 8.53. The molecule has 2 atom stereocenters. The second-order valence-corrected chi connectivity index (χ2v) is 10.6. The van der Waals surface area contributed by atoms with Crippen LogP contribution < -0.4 is 14.2 Å². The number of carbonyl (C=O) groups is 1. The number of benzene rings is 3. The molecule has 2 heterocycles. The third-order valence-electron chi connectivity index (χ3n) is 6.79. The number of carbonyl (C=O) groups excluding carboxylic acids is 1. The first-order valence-electron chi connectivity index (χ1n) is 13.6. The van der Waals surface area contributed by atoms with E-state index in [-0.39, 0.29) is 11.2 Å². The third-order valence-corrected chi connectivity index (χ3v) is 6.79. The number of ether oxygens (including phenoxy) is 7. The number of hydrogen-bond acceptors (Lipinski definition) is 8. The van der Waals surface area contributed by atoms with Gasteiger partial charge in [0.2, 0.25) is 0 Å². The fraction of sp³-hybridized carbons (Fsp3) is 0.406. The summed E-state index contributed by atoms with van der Waals surface area (Å²) in [6.07, 6.45) is 0.848. The second-order valence-electron chi connectivity index (χ2n) is 10.6. The van der Waals surface area contributed by atoms with Gasteiger partial charge in [-0.2, -0.15) is 0 Å². The molecule has 2 saturated heterocycles. The van der Waals surface area contributed by atoms with Gasteiger partial charge in [0.05, 0.1) is 57.4 Å². The van der Waals surface area contributed by atoms with Crippen LogP contribution in [0.5, 0.6) is 17.2 Å². The average molecular weight is 549 g/mol. The highest BCUT2D eigenvalue weighted by atomic mass is 16.6. The minimum atomic E-state index is -0.414. The Balaban J connectivity index is 1.01. The number of hydrogen-bond donors (Lipinski definition) is 0. The van der Waals surface area contributed by atoms with Crippen LogP contribution in [0.3, 0.4) is 0 Å². The Morgan fingerprint density at radius 1 is 0.650 bits per heavy atom. The zero-order chi connectivity index (χ0) is 27.8. The van der Waals surface area contributed by atoms with Gasteiger partial charge in [-0.1, -0.05) is 24.3 Å². The molecule has 0 aliphatic carbocycles. The van der Waals surface area contributed by atoms with Crippen LogP contribution in [-0.2, 0) is 18.9 Å². The predicted octanol–water partition coefficient (Wildman–Crippen LogP) is 5.33. The lowest BCUT2D eigenvalue weighted by atomic mass is 10.0. The van der Waals surface area contributed by atoms with E-state index in [0.717, 1.165) is 42.3 Å². The van der Waals surface area contributed by atoms with Crippen LogP contribution in [0.1, 0.15) is 30.6 Å². The normalized spacial score (nSPS) is 21.1. The summed E-state index contributed by atoms with van der Waals surface area (Å²) < 4.78 is 38.7. The molecule has 2 aliphatic heterocycles. The van der Waals surface area contributed by atoms with E-state index in [1.807, 2.05) is 43.3 Å². The summed E-state index contributed by atoms with van der Waals surface area (Å²) in [5.41, 5.74) is 2.37. The smallest absolute Gasteiger partial charge is 0.343 e. The minimum absolute atomic E-state index is 0.0285. The van der Waals surface area contributed by atoms with Gasteiger partial charge >= 0.3 is 5.97 Å². The van der Waals surface area contributed by atoms with E-state index in [9.17, 15) is 4.79 Å². The van der Waals surface area contributed by atoms with Crippen molar-refractivity contribution in [2.24, 2.45) is 0 Å². The zero-order valence-electron chi connectivity index (χ0n) is 23.1. The fourth-order valence-corrected chi connectivity index (χ4v) is 3.90. The molecule has 3 aromatic carbocycles. The predicted molar refractivity (Wildman–Crippen MR) is 149 cm³/mol. The van der Waals surface area contributed by atoms with Crippen LogP contribution in [0.2, 0.25) is 0 Å². The number of rotatable bonds is 16. The van der Waals surface area contributed by atoms with Gasteiger partial charge in [-0.3, -0.25) is 0 Å². The van der Waals surface area contributed by atoms with Crippen molar-refractivity contribution >= 4 is 5.97 Å². The van der Waals surface area contributed by atoms with E-state index in [1.54, 1.807) is 36.4 Å². The molecule has 0 radical (unpaired) electrons. The SMILES string of the molecule is CC1(CCOc2ccc(OC(=O)c3ccc(-c4ccc(OCCOCCOCC5(C)CO5)cc4)cc3)cc2)CO1. The Bertz CT molecular complexity index is 1230. The highest BCUT2D eigenvalue weighted by Crippen LogP contribution is 2.30. The molecule has 2 fully saturated rings. The van der Waals surface area contributed by atoms with E-state index in [1.165, 1.54) is 0 Å². The maximum absolute atomic E-state index is 12.6. The van der Waals surface area contributed by atoms with Crippen molar-refractivity contribution in [3.05, 3.63) is 78.4 Å². The average Bonchev–Trinajstić information content (AvgIpc) is 3.90. The van der Waals surface area contributed by atoms with Gasteiger partial charge in [0.25, 0.3) is 0 Å². The van der Waals surface area contributed by atoms with Crippen molar-refractivity contribution in [1.29, 1.82) is 0 Å². The van der Waals surface area contributed by atoms with Crippen molar-refractivity contribution in [2.75, 3.05) is 52.9 Å². The van der Waals surface area contributed by atoms with Crippen LogP contribution >= 0.6 is 0 Å². The number of esters is 1.